The van der Waals surface area contributed by atoms with Crippen LogP contribution in [0.3, 0.4) is 0 Å². The Morgan fingerprint density at radius 2 is 2.11 bits per heavy atom. The van der Waals surface area contributed by atoms with Gasteiger partial charge in [-0.1, -0.05) is 13.3 Å². The fraction of sp³-hybridized carbons (Fsp3) is 0.462. The van der Waals surface area contributed by atoms with Crippen LogP contribution in [0.1, 0.15) is 30.1 Å². The van der Waals surface area contributed by atoms with E-state index >= 15 is 0 Å². The average Bonchev–Trinajstić information content (AvgIpc) is 2.31. The summed E-state index contributed by atoms with van der Waals surface area (Å²) in [6, 6.07) is 2.49. The first-order chi connectivity index (χ1) is 8.47. The normalized spacial score (nSPS) is 10.2. The summed E-state index contributed by atoms with van der Waals surface area (Å²) in [4.78, 5) is 13.2. The van der Waals surface area contributed by atoms with Gasteiger partial charge in [-0.25, -0.2) is 4.39 Å². The maximum Gasteiger partial charge on any atom is 0.255 e. The molecule has 100 valence electrons. The minimum absolute atomic E-state index is 0.0721. The molecule has 0 atom stereocenters. The van der Waals surface area contributed by atoms with Crippen LogP contribution in [-0.2, 0) is 0 Å². The third kappa shape index (κ3) is 3.35. The number of carbonyl (C=O) groups is 1. The van der Waals surface area contributed by atoms with Gasteiger partial charge in [-0.3, -0.25) is 4.79 Å². The molecule has 1 rings (SSSR count). The maximum absolute atomic E-state index is 13.6. The van der Waals surface area contributed by atoms with Crippen molar-refractivity contribution in [2.45, 2.75) is 19.8 Å². The topological polar surface area (TPSA) is 55.6 Å². The SMILES string of the molecule is CCCCOc1cc(C(=O)N(C)C)c(N)cc1F. The molecule has 0 spiro atoms. The summed E-state index contributed by atoms with van der Waals surface area (Å²) in [5, 5.41) is 0. The third-order valence-corrected chi connectivity index (χ3v) is 2.50. The molecule has 18 heavy (non-hydrogen) atoms. The zero-order valence-corrected chi connectivity index (χ0v) is 11.0. The zero-order valence-electron chi connectivity index (χ0n) is 11.0. The number of rotatable bonds is 5. The van der Waals surface area contributed by atoms with Crippen molar-refractivity contribution < 1.29 is 13.9 Å². The molecule has 0 saturated heterocycles. The summed E-state index contributed by atoms with van der Waals surface area (Å²) in [5.41, 5.74) is 6.02. The van der Waals surface area contributed by atoms with Gasteiger partial charge in [0.25, 0.3) is 5.91 Å². The Kier molecular flexibility index (Phi) is 4.95. The Bertz CT molecular complexity index is 433. The van der Waals surface area contributed by atoms with Crippen LogP contribution in [0.5, 0.6) is 5.75 Å². The van der Waals surface area contributed by atoms with E-state index in [2.05, 4.69) is 0 Å². The standard InChI is InChI=1S/C13H19FN2O2/c1-4-5-6-18-12-7-9(13(17)16(2)3)11(15)8-10(12)14/h7-8H,4-6,15H2,1-3H3. The van der Waals surface area contributed by atoms with E-state index in [1.807, 2.05) is 6.92 Å². The predicted molar refractivity (Wildman–Crippen MR) is 69.2 cm³/mol. The molecule has 0 aliphatic heterocycles. The fourth-order valence-corrected chi connectivity index (χ4v) is 1.43. The van der Waals surface area contributed by atoms with Crippen molar-refractivity contribution in [3.8, 4) is 5.75 Å². The summed E-state index contributed by atoms with van der Waals surface area (Å²) < 4.78 is 18.9. The van der Waals surface area contributed by atoms with Gasteiger partial charge in [0, 0.05) is 25.8 Å². The van der Waals surface area contributed by atoms with Gasteiger partial charge in [-0.2, -0.15) is 0 Å². The molecule has 0 aromatic heterocycles. The number of nitrogens with two attached hydrogens (primary N) is 1. The first-order valence-electron chi connectivity index (χ1n) is 5.90. The van der Waals surface area contributed by atoms with Crippen LogP contribution in [0.4, 0.5) is 10.1 Å². The number of benzene rings is 1. The van der Waals surface area contributed by atoms with Gasteiger partial charge in [0.15, 0.2) is 11.6 Å². The lowest BCUT2D eigenvalue weighted by Gasteiger charge is -2.14. The Labute approximate surface area is 107 Å². The molecular formula is C13H19FN2O2. The van der Waals surface area contributed by atoms with E-state index in [9.17, 15) is 9.18 Å². The van der Waals surface area contributed by atoms with E-state index in [0.717, 1.165) is 18.9 Å². The minimum atomic E-state index is -0.543. The van der Waals surface area contributed by atoms with Crippen LogP contribution in [-0.4, -0.2) is 31.5 Å². The molecular weight excluding hydrogens is 235 g/mol. The van der Waals surface area contributed by atoms with Gasteiger partial charge >= 0.3 is 0 Å². The summed E-state index contributed by atoms with van der Waals surface area (Å²) in [6.07, 6.45) is 1.79. The number of ether oxygens (including phenoxy) is 1. The quantitative estimate of drug-likeness (QED) is 0.648. The molecule has 1 aromatic rings. The van der Waals surface area contributed by atoms with E-state index in [0.29, 0.717) is 6.61 Å². The summed E-state index contributed by atoms with van der Waals surface area (Å²) in [6.45, 7) is 2.44. The van der Waals surface area contributed by atoms with Gasteiger partial charge in [0.05, 0.1) is 12.2 Å². The number of hydrogen-bond acceptors (Lipinski definition) is 3. The highest BCUT2D eigenvalue weighted by atomic mass is 19.1. The van der Waals surface area contributed by atoms with Crippen molar-refractivity contribution in [3.05, 3.63) is 23.5 Å². The number of nitrogen functional groups attached to an aromatic ring is 1. The Balaban J connectivity index is 2.98. The van der Waals surface area contributed by atoms with E-state index < -0.39 is 5.82 Å². The number of nitrogens with zero attached hydrogens (tertiary/aromatic N) is 1. The van der Waals surface area contributed by atoms with Crippen molar-refractivity contribution in [3.63, 3.8) is 0 Å². The van der Waals surface area contributed by atoms with Crippen LogP contribution in [0.15, 0.2) is 12.1 Å². The smallest absolute Gasteiger partial charge is 0.255 e. The second kappa shape index (κ2) is 6.23. The van der Waals surface area contributed by atoms with E-state index in [1.54, 1.807) is 14.1 Å². The summed E-state index contributed by atoms with van der Waals surface area (Å²) >= 11 is 0. The number of hydrogen-bond donors (Lipinski definition) is 1. The third-order valence-electron chi connectivity index (χ3n) is 2.50. The molecule has 0 unspecified atom stereocenters. The van der Waals surface area contributed by atoms with E-state index in [1.165, 1.54) is 11.0 Å². The maximum atomic E-state index is 13.6. The molecule has 5 heteroatoms. The molecule has 1 aromatic carbocycles. The van der Waals surface area contributed by atoms with Crippen LogP contribution in [0, 0.1) is 5.82 Å². The van der Waals surface area contributed by atoms with Crippen molar-refractivity contribution >= 4 is 11.6 Å². The lowest BCUT2D eigenvalue weighted by molar-refractivity contribution is 0.0828. The Morgan fingerprint density at radius 3 is 2.67 bits per heavy atom. The number of halogens is 1. The lowest BCUT2D eigenvalue weighted by Crippen LogP contribution is -2.23. The largest absolute Gasteiger partial charge is 0.490 e. The molecule has 0 heterocycles. The van der Waals surface area contributed by atoms with Crippen LogP contribution in [0.2, 0.25) is 0 Å². The molecule has 2 N–H and O–H groups in total. The highest BCUT2D eigenvalue weighted by molar-refractivity contribution is 5.99. The molecule has 0 fully saturated rings. The average molecular weight is 254 g/mol. The molecule has 1 amide bonds. The monoisotopic (exact) mass is 254 g/mol. The molecule has 4 nitrogen and oxygen atoms in total. The fourth-order valence-electron chi connectivity index (χ4n) is 1.43. The van der Waals surface area contributed by atoms with Crippen LogP contribution < -0.4 is 10.5 Å². The van der Waals surface area contributed by atoms with E-state index in [-0.39, 0.29) is 22.9 Å². The summed E-state index contributed by atoms with van der Waals surface area (Å²) in [5.74, 6) is -0.741. The molecule has 0 saturated carbocycles. The minimum Gasteiger partial charge on any atom is -0.490 e. The van der Waals surface area contributed by atoms with Crippen LogP contribution in [0.25, 0.3) is 0 Å². The Morgan fingerprint density at radius 1 is 1.44 bits per heavy atom. The molecule has 0 bridgehead atoms. The first kappa shape index (κ1) is 14.3. The highest BCUT2D eigenvalue weighted by Gasteiger charge is 2.16. The van der Waals surface area contributed by atoms with Gasteiger partial charge in [0.2, 0.25) is 0 Å². The predicted octanol–water partition coefficient (Wildman–Crippen LogP) is 2.29. The second-order valence-corrected chi connectivity index (χ2v) is 4.27. The van der Waals surface area contributed by atoms with Crippen molar-refractivity contribution in [2.75, 3.05) is 26.4 Å². The van der Waals surface area contributed by atoms with E-state index in [4.69, 9.17) is 10.5 Å². The van der Waals surface area contributed by atoms with Crippen molar-refractivity contribution in [2.24, 2.45) is 0 Å². The molecule has 0 aliphatic carbocycles. The Hall–Kier alpha value is -1.78. The number of amides is 1. The zero-order chi connectivity index (χ0) is 13.7. The van der Waals surface area contributed by atoms with Crippen LogP contribution >= 0.6 is 0 Å². The van der Waals surface area contributed by atoms with Gasteiger partial charge in [-0.05, 0) is 12.5 Å². The molecule has 0 radical (unpaired) electrons. The number of carbonyl (C=O) groups excluding carboxylic acids is 1. The number of unbranched alkanes of at least 4 members (excludes halogenated alkanes) is 1. The van der Waals surface area contributed by atoms with Gasteiger partial charge in [0.1, 0.15) is 0 Å². The second-order valence-electron chi connectivity index (χ2n) is 4.27. The van der Waals surface area contributed by atoms with Gasteiger partial charge in [-0.15, -0.1) is 0 Å². The molecule has 0 aliphatic rings. The van der Waals surface area contributed by atoms with Crippen molar-refractivity contribution in [1.82, 2.24) is 4.90 Å². The number of anilines is 1. The van der Waals surface area contributed by atoms with Crippen molar-refractivity contribution in [1.29, 1.82) is 0 Å². The van der Waals surface area contributed by atoms with Gasteiger partial charge < -0.3 is 15.4 Å². The highest BCUT2D eigenvalue weighted by Crippen LogP contribution is 2.25. The first-order valence-corrected chi connectivity index (χ1v) is 5.90. The summed E-state index contributed by atoms with van der Waals surface area (Å²) in [7, 11) is 3.23. The lowest BCUT2D eigenvalue weighted by atomic mass is 10.1.